The summed E-state index contributed by atoms with van der Waals surface area (Å²) in [6.45, 7) is 8.98. The Morgan fingerprint density at radius 3 is 2.65 bits per heavy atom. The average molecular weight is 474 g/mol. The summed E-state index contributed by atoms with van der Waals surface area (Å²) in [5.74, 6) is 1.34. The molecule has 2 N–H and O–H groups in total. The Morgan fingerprint density at radius 2 is 2.00 bits per heavy atom. The van der Waals surface area contributed by atoms with Crippen LogP contribution in [0.2, 0.25) is 0 Å². The number of hydrogen-bond acceptors (Lipinski definition) is 3. The van der Waals surface area contributed by atoms with Crippen molar-refractivity contribution in [2.75, 3.05) is 46.9 Å². The van der Waals surface area contributed by atoms with Crippen molar-refractivity contribution in [1.29, 1.82) is 0 Å². The molecule has 1 aromatic rings. The number of aliphatic imine (C=N–C) groups is 1. The van der Waals surface area contributed by atoms with Gasteiger partial charge in [0.2, 0.25) is 0 Å². The standard InChI is InChI=1S/C20H34N4O.HI/c1-5-24(4)13-12-22-20(21-3)23-15-18-7-6-14-25-19(18)17-10-8-16(2)9-11-17;/h8-11,18-19H,5-7,12-15H2,1-4H3,(H2,21,22,23);1H. The van der Waals surface area contributed by atoms with Gasteiger partial charge in [-0.15, -0.1) is 24.0 Å². The number of nitrogens with zero attached hydrogens (tertiary/aromatic N) is 2. The summed E-state index contributed by atoms with van der Waals surface area (Å²) in [5.41, 5.74) is 2.57. The zero-order chi connectivity index (χ0) is 18.1. The van der Waals surface area contributed by atoms with Crippen LogP contribution in [0, 0.1) is 12.8 Å². The smallest absolute Gasteiger partial charge is 0.191 e. The molecule has 2 rings (SSSR count). The number of likely N-dealkylation sites (N-methyl/N-ethyl adjacent to an activating group) is 1. The normalized spacial score (nSPS) is 20.6. The van der Waals surface area contributed by atoms with Crippen molar-refractivity contribution in [3.8, 4) is 0 Å². The van der Waals surface area contributed by atoms with E-state index in [2.05, 4.69) is 65.7 Å². The van der Waals surface area contributed by atoms with Gasteiger partial charge in [-0.05, 0) is 38.9 Å². The summed E-state index contributed by atoms with van der Waals surface area (Å²) in [4.78, 5) is 6.62. The number of rotatable bonds is 7. The van der Waals surface area contributed by atoms with E-state index in [-0.39, 0.29) is 30.1 Å². The number of hydrogen-bond donors (Lipinski definition) is 2. The molecule has 0 amide bonds. The molecule has 0 radical (unpaired) electrons. The third kappa shape index (κ3) is 7.40. The largest absolute Gasteiger partial charge is 0.373 e. The average Bonchev–Trinajstić information content (AvgIpc) is 2.65. The van der Waals surface area contributed by atoms with E-state index in [1.54, 1.807) is 0 Å². The van der Waals surface area contributed by atoms with Crippen LogP contribution in [-0.2, 0) is 4.74 Å². The SMILES string of the molecule is CCN(C)CCNC(=NC)NCC1CCCOC1c1ccc(C)cc1.I. The topological polar surface area (TPSA) is 48.9 Å². The molecule has 2 unspecified atom stereocenters. The Bertz CT molecular complexity index is 535. The molecule has 0 spiro atoms. The van der Waals surface area contributed by atoms with Crippen molar-refractivity contribution >= 4 is 29.9 Å². The summed E-state index contributed by atoms with van der Waals surface area (Å²) in [5, 5.41) is 6.88. The fourth-order valence-electron chi connectivity index (χ4n) is 3.15. The lowest BCUT2D eigenvalue weighted by Gasteiger charge is -2.32. The highest BCUT2D eigenvalue weighted by molar-refractivity contribution is 14.0. The fourth-order valence-corrected chi connectivity index (χ4v) is 3.15. The molecule has 2 atom stereocenters. The zero-order valence-electron chi connectivity index (χ0n) is 16.6. The number of guanidine groups is 1. The Kier molecular flexibility index (Phi) is 11.2. The van der Waals surface area contributed by atoms with Crippen LogP contribution in [0.1, 0.15) is 37.0 Å². The Labute approximate surface area is 176 Å². The molecule has 0 aliphatic carbocycles. The van der Waals surface area contributed by atoms with Crippen LogP contribution in [0.15, 0.2) is 29.3 Å². The summed E-state index contributed by atoms with van der Waals surface area (Å²) < 4.78 is 6.10. The van der Waals surface area contributed by atoms with E-state index in [1.165, 1.54) is 17.5 Å². The third-order valence-electron chi connectivity index (χ3n) is 4.93. The van der Waals surface area contributed by atoms with Crippen LogP contribution in [0.25, 0.3) is 0 Å². The summed E-state index contributed by atoms with van der Waals surface area (Å²) >= 11 is 0. The second kappa shape index (κ2) is 12.5. The highest BCUT2D eigenvalue weighted by atomic mass is 127. The molecule has 0 aromatic heterocycles. The van der Waals surface area contributed by atoms with E-state index in [0.717, 1.165) is 45.2 Å². The lowest BCUT2D eigenvalue weighted by Crippen LogP contribution is -2.44. The van der Waals surface area contributed by atoms with Crippen LogP contribution >= 0.6 is 24.0 Å². The first-order valence-electron chi connectivity index (χ1n) is 9.45. The van der Waals surface area contributed by atoms with Crippen LogP contribution in [0.3, 0.4) is 0 Å². The molecular weight excluding hydrogens is 439 g/mol. The van der Waals surface area contributed by atoms with Crippen LogP contribution in [0.4, 0.5) is 0 Å². The first-order chi connectivity index (χ1) is 12.1. The third-order valence-corrected chi connectivity index (χ3v) is 4.93. The highest BCUT2D eigenvalue weighted by Crippen LogP contribution is 2.33. The second-order valence-electron chi connectivity index (χ2n) is 6.88. The van der Waals surface area contributed by atoms with Gasteiger partial charge in [0.25, 0.3) is 0 Å². The fraction of sp³-hybridized carbons (Fsp3) is 0.650. The second-order valence-corrected chi connectivity index (χ2v) is 6.88. The molecule has 1 aliphatic heterocycles. The molecular formula is C20H35IN4O. The minimum absolute atomic E-state index is 0. The van der Waals surface area contributed by atoms with Gasteiger partial charge in [0.1, 0.15) is 0 Å². The molecule has 26 heavy (non-hydrogen) atoms. The number of benzene rings is 1. The molecule has 1 fully saturated rings. The van der Waals surface area contributed by atoms with Crippen LogP contribution < -0.4 is 10.6 Å². The van der Waals surface area contributed by atoms with Gasteiger partial charge >= 0.3 is 0 Å². The molecule has 6 heteroatoms. The number of halogens is 1. The maximum Gasteiger partial charge on any atom is 0.191 e. The van der Waals surface area contributed by atoms with Gasteiger partial charge in [-0.25, -0.2) is 0 Å². The van der Waals surface area contributed by atoms with E-state index < -0.39 is 0 Å². The van der Waals surface area contributed by atoms with Gasteiger partial charge in [0, 0.05) is 39.2 Å². The Morgan fingerprint density at radius 1 is 1.27 bits per heavy atom. The van der Waals surface area contributed by atoms with E-state index in [0.29, 0.717) is 5.92 Å². The molecule has 0 bridgehead atoms. The van der Waals surface area contributed by atoms with Gasteiger partial charge in [0.15, 0.2) is 5.96 Å². The summed E-state index contributed by atoms with van der Waals surface area (Å²) in [6, 6.07) is 8.74. The highest BCUT2D eigenvalue weighted by Gasteiger charge is 2.27. The number of nitrogens with one attached hydrogen (secondary N) is 2. The predicted octanol–water partition coefficient (Wildman–Crippen LogP) is 3.20. The van der Waals surface area contributed by atoms with Crippen molar-refractivity contribution in [1.82, 2.24) is 15.5 Å². The lowest BCUT2D eigenvalue weighted by molar-refractivity contribution is -0.0265. The number of aryl methyl sites for hydroxylation is 1. The lowest BCUT2D eigenvalue weighted by atomic mass is 9.89. The minimum Gasteiger partial charge on any atom is -0.373 e. The maximum atomic E-state index is 6.10. The first-order valence-corrected chi connectivity index (χ1v) is 9.45. The zero-order valence-corrected chi connectivity index (χ0v) is 19.0. The van der Waals surface area contributed by atoms with Crippen LogP contribution in [-0.4, -0.2) is 57.7 Å². The van der Waals surface area contributed by atoms with Crippen molar-refractivity contribution in [3.63, 3.8) is 0 Å². The molecule has 1 heterocycles. The van der Waals surface area contributed by atoms with Crippen molar-refractivity contribution < 1.29 is 4.74 Å². The monoisotopic (exact) mass is 474 g/mol. The predicted molar refractivity (Wildman–Crippen MR) is 121 cm³/mol. The molecule has 1 aliphatic rings. The molecule has 1 aromatic carbocycles. The first kappa shape index (κ1) is 23.2. The Hall–Kier alpha value is -0.860. The van der Waals surface area contributed by atoms with Gasteiger partial charge in [0.05, 0.1) is 6.10 Å². The molecule has 1 saturated heterocycles. The van der Waals surface area contributed by atoms with Crippen LogP contribution in [0.5, 0.6) is 0 Å². The molecule has 0 saturated carbocycles. The van der Waals surface area contributed by atoms with Gasteiger partial charge in [-0.2, -0.15) is 0 Å². The van der Waals surface area contributed by atoms with E-state index in [9.17, 15) is 0 Å². The van der Waals surface area contributed by atoms with Crippen molar-refractivity contribution in [3.05, 3.63) is 35.4 Å². The summed E-state index contributed by atoms with van der Waals surface area (Å²) in [6.07, 6.45) is 2.48. The molecule has 148 valence electrons. The van der Waals surface area contributed by atoms with Gasteiger partial charge < -0.3 is 20.3 Å². The quantitative estimate of drug-likeness (QED) is 0.362. The Balaban J connectivity index is 0.00000338. The molecule has 5 nitrogen and oxygen atoms in total. The van der Waals surface area contributed by atoms with Crippen molar-refractivity contribution in [2.45, 2.75) is 32.8 Å². The van der Waals surface area contributed by atoms with E-state index in [4.69, 9.17) is 4.74 Å². The minimum atomic E-state index is 0. The maximum absolute atomic E-state index is 6.10. The van der Waals surface area contributed by atoms with Crippen molar-refractivity contribution in [2.24, 2.45) is 10.9 Å². The van der Waals surface area contributed by atoms with E-state index >= 15 is 0 Å². The van der Waals surface area contributed by atoms with Gasteiger partial charge in [-0.1, -0.05) is 36.8 Å². The summed E-state index contributed by atoms with van der Waals surface area (Å²) in [7, 11) is 3.96. The number of ether oxygens (including phenoxy) is 1. The van der Waals surface area contributed by atoms with E-state index in [1.807, 2.05) is 7.05 Å². The van der Waals surface area contributed by atoms with Gasteiger partial charge in [-0.3, -0.25) is 4.99 Å².